The minimum absolute atomic E-state index is 0.0640. The Morgan fingerprint density at radius 2 is 1.77 bits per heavy atom. The molecule has 2 aromatic carbocycles. The Kier molecular flexibility index (Phi) is 6.67. The summed E-state index contributed by atoms with van der Waals surface area (Å²) in [7, 11) is 0. The van der Waals surface area contributed by atoms with Gasteiger partial charge < -0.3 is 15.4 Å². The molecule has 136 valence electrons. The number of ether oxygens (including phenoxy) is 1. The van der Waals surface area contributed by atoms with Crippen LogP contribution in [0.4, 0.5) is 11.4 Å². The van der Waals surface area contributed by atoms with E-state index in [0.717, 1.165) is 17.7 Å². The second-order valence-electron chi connectivity index (χ2n) is 5.38. The normalized spacial score (nSPS) is 10.0. The van der Waals surface area contributed by atoms with Crippen LogP contribution < -0.4 is 15.4 Å². The van der Waals surface area contributed by atoms with Gasteiger partial charge in [-0.2, -0.15) is 0 Å². The van der Waals surface area contributed by atoms with Crippen molar-refractivity contribution >= 4 is 23.2 Å². The van der Waals surface area contributed by atoms with Gasteiger partial charge in [-0.05, 0) is 30.2 Å². The summed E-state index contributed by atoms with van der Waals surface area (Å²) in [6.07, 6.45) is 0.784. The van der Waals surface area contributed by atoms with Crippen molar-refractivity contribution in [2.45, 2.75) is 13.3 Å². The van der Waals surface area contributed by atoms with E-state index < -0.39 is 10.8 Å². The first-order valence-electron chi connectivity index (χ1n) is 8.01. The Morgan fingerprint density at radius 3 is 2.42 bits per heavy atom. The Morgan fingerprint density at radius 1 is 1.08 bits per heavy atom. The lowest BCUT2D eigenvalue weighted by atomic mass is 10.1. The van der Waals surface area contributed by atoms with E-state index in [1.165, 1.54) is 24.3 Å². The van der Waals surface area contributed by atoms with E-state index in [4.69, 9.17) is 4.74 Å². The van der Waals surface area contributed by atoms with E-state index >= 15 is 0 Å². The average molecular weight is 357 g/mol. The van der Waals surface area contributed by atoms with Crippen LogP contribution in [0.2, 0.25) is 0 Å². The van der Waals surface area contributed by atoms with Crippen molar-refractivity contribution in [1.29, 1.82) is 0 Å². The second kappa shape index (κ2) is 9.16. The van der Waals surface area contributed by atoms with Gasteiger partial charge in [-0.1, -0.05) is 25.1 Å². The highest BCUT2D eigenvalue weighted by atomic mass is 16.6. The maximum atomic E-state index is 11.9. The summed E-state index contributed by atoms with van der Waals surface area (Å²) < 4.78 is 5.22. The number of nitrogens with zero attached hydrogens (tertiary/aromatic N) is 1. The second-order valence-corrected chi connectivity index (χ2v) is 5.38. The predicted molar refractivity (Wildman–Crippen MR) is 96.1 cm³/mol. The molecule has 2 N–H and O–H groups in total. The van der Waals surface area contributed by atoms with Gasteiger partial charge in [0.15, 0.2) is 6.61 Å². The van der Waals surface area contributed by atoms with E-state index in [-0.39, 0.29) is 24.7 Å². The predicted octanol–water partition coefficient (Wildman–Crippen LogP) is 2.29. The molecular formula is C18H19N3O5. The number of hydrogen-bond acceptors (Lipinski definition) is 5. The van der Waals surface area contributed by atoms with Crippen LogP contribution in [0.5, 0.6) is 5.75 Å². The number of rotatable bonds is 8. The van der Waals surface area contributed by atoms with Crippen molar-refractivity contribution in [2.75, 3.05) is 18.5 Å². The molecule has 0 atom stereocenters. The number of carbonyl (C=O) groups is 2. The molecule has 8 nitrogen and oxygen atoms in total. The SMILES string of the molecule is CCc1ccccc1NC(=O)CNC(=O)COc1ccc([N+](=O)[O-])cc1. The minimum atomic E-state index is -0.522. The number of nitro benzene ring substituents is 1. The topological polar surface area (TPSA) is 111 Å². The van der Waals surface area contributed by atoms with E-state index in [0.29, 0.717) is 5.75 Å². The smallest absolute Gasteiger partial charge is 0.269 e. The molecule has 0 aromatic heterocycles. The lowest BCUT2D eigenvalue weighted by Gasteiger charge is -2.10. The number of hydrogen-bond donors (Lipinski definition) is 2. The van der Waals surface area contributed by atoms with E-state index in [2.05, 4.69) is 10.6 Å². The van der Waals surface area contributed by atoms with Crippen LogP contribution in [0.1, 0.15) is 12.5 Å². The molecule has 0 fully saturated rings. The molecule has 26 heavy (non-hydrogen) atoms. The quantitative estimate of drug-likeness (QED) is 0.556. The number of para-hydroxylation sites is 1. The zero-order valence-corrected chi connectivity index (χ0v) is 14.2. The molecule has 0 saturated heterocycles. The fourth-order valence-electron chi connectivity index (χ4n) is 2.19. The Labute approximate surface area is 150 Å². The molecule has 2 aromatic rings. The Hall–Kier alpha value is -3.42. The number of nitrogens with one attached hydrogen (secondary N) is 2. The highest BCUT2D eigenvalue weighted by Gasteiger charge is 2.09. The van der Waals surface area contributed by atoms with Crippen LogP contribution in [-0.4, -0.2) is 29.9 Å². The first-order chi connectivity index (χ1) is 12.5. The first-order valence-corrected chi connectivity index (χ1v) is 8.01. The van der Waals surface area contributed by atoms with Gasteiger partial charge in [0.1, 0.15) is 5.75 Å². The number of amides is 2. The monoisotopic (exact) mass is 357 g/mol. The molecule has 0 aliphatic rings. The van der Waals surface area contributed by atoms with Crippen LogP contribution in [0, 0.1) is 10.1 Å². The van der Waals surface area contributed by atoms with Crippen molar-refractivity contribution in [2.24, 2.45) is 0 Å². The van der Waals surface area contributed by atoms with Gasteiger partial charge >= 0.3 is 0 Å². The van der Waals surface area contributed by atoms with Gasteiger partial charge in [0, 0.05) is 17.8 Å². The summed E-state index contributed by atoms with van der Waals surface area (Å²) in [5.41, 5.74) is 1.66. The Balaban J connectivity index is 1.75. The van der Waals surface area contributed by atoms with Crippen molar-refractivity contribution in [3.05, 3.63) is 64.2 Å². The fraction of sp³-hybridized carbons (Fsp3) is 0.222. The summed E-state index contributed by atoms with van der Waals surface area (Å²) in [6.45, 7) is 1.51. The number of aryl methyl sites for hydroxylation is 1. The molecule has 8 heteroatoms. The lowest BCUT2D eigenvalue weighted by molar-refractivity contribution is -0.384. The largest absolute Gasteiger partial charge is 0.484 e. The summed E-state index contributed by atoms with van der Waals surface area (Å²) in [5, 5.41) is 15.8. The van der Waals surface area contributed by atoms with E-state index in [1.54, 1.807) is 6.07 Å². The number of non-ortho nitro benzene ring substituents is 1. The van der Waals surface area contributed by atoms with Crippen LogP contribution in [0.3, 0.4) is 0 Å². The molecule has 0 unspecified atom stereocenters. The van der Waals surface area contributed by atoms with Crippen molar-refractivity contribution < 1.29 is 19.2 Å². The van der Waals surface area contributed by atoms with Gasteiger partial charge in [0.25, 0.3) is 11.6 Å². The molecule has 2 amide bonds. The molecular weight excluding hydrogens is 338 g/mol. The summed E-state index contributed by atoms with van der Waals surface area (Å²) in [4.78, 5) is 33.7. The lowest BCUT2D eigenvalue weighted by Crippen LogP contribution is -2.35. The van der Waals surface area contributed by atoms with Gasteiger partial charge in [0.05, 0.1) is 11.5 Å². The third kappa shape index (κ3) is 5.59. The maximum absolute atomic E-state index is 11.9. The zero-order valence-electron chi connectivity index (χ0n) is 14.2. The minimum Gasteiger partial charge on any atom is -0.484 e. The molecule has 0 aliphatic carbocycles. The molecule has 0 saturated carbocycles. The molecule has 2 rings (SSSR count). The van der Waals surface area contributed by atoms with Crippen LogP contribution in [0.25, 0.3) is 0 Å². The maximum Gasteiger partial charge on any atom is 0.269 e. The van der Waals surface area contributed by atoms with Gasteiger partial charge in [0.2, 0.25) is 5.91 Å². The first kappa shape index (κ1) is 18.9. The van der Waals surface area contributed by atoms with Crippen LogP contribution in [-0.2, 0) is 16.0 Å². The average Bonchev–Trinajstić information content (AvgIpc) is 2.65. The summed E-state index contributed by atoms with van der Waals surface area (Å²) in [6, 6.07) is 12.8. The summed E-state index contributed by atoms with van der Waals surface area (Å²) in [5.74, 6) is -0.482. The van der Waals surface area contributed by atoms with Crippen molar-refractivity contribution in [3.63, 3.8) is 0 Å². The molecule has 0 aliphatic heterocycles. The molecule has 0 heterocycles. The van der Waals surface area contributed by atoms with E-state index in [9.17, 15) is 19.7 Å². The molecule has 0 radical (unpaired) electrons. The fourth-order valence-corrected chi connectivity index (χ4v) is 2.19. The number of benzene rings is 2. The molecule has 0 bridgehead atoms. The standard InChI is InChI=1S/C18H19N3O5/c1-2-13-5-3-4-6-16(13)20-17(22)11-19-18(23)12-26-15-9-7-14(8-10-15)21(24)25/h3-10H,2,11-12H2,1H3,(H,19,23)(H,20,22). The van der Waals surface area contributed by atoms with Gasteiger partial charge in [-0.15, -0.1) is 0 Å². The van der Waals surface area contributed by atoms with Crippen LogP contribution in [0.15, 0.2) is 48.5 Å². The molecule has 0 spiro atoms. The Bertz CT molecular complexity index is 790. The van der Waals surface area contributed by atoms with Crippen molar-refractivity contribution in [1.82, 2.24) is 5.32 Å². The number of anilines is 1. The van der Waals surface area contributed by atoms with Gasteiger partial charge in [-0.3, -0.25) is 19.7 Å². The third-order valence-electron chi connectivity index (χ3n) is 3.54. The number of carbonyl (C=O) groups excluding carboxylic acids is 2. The highest BCUT2D eigenvalue weighted by Crippen LogP contribution is 2.17. The van der Waals surface area contributed by atoms with Gasteiger partial charge in [-0.25, -0.2) is 0 Å². The van der Waals surface area contributed by atoms with Crippen molar-refractivity contribution in [3.8, 4) is 5.75 Å². The summed E-state index contributed by atoms with van der Waals surface area (Å²) >= 11 is 0. The highest BCUT2D eigenvalue weighted by molar-refractivity contribution is 5.95. The van der Waals surface area contributed by atoms with Crippen LogP contribution >= 0.6 is 0 Å². The zero-order chi connectivity index (χ0) is 18.9. The third-order valence-corrected chi connectivity index (χ3v) is 3.54. The number of nitro groups is 1. The van der Waals surface area contributed by atoms with E-state index in [1.807, 2.05) is 25.1 Å².